The van der Waals surface area contributed by atoms with Gasteiger partial charge in [-0.2, -0.15) is 0 Å². The van der Waals surface area contributed by atoms with Crippen LogP contribution in [0.25, 0.3) is 0 Å². The average Bonchev–Trinajstić information content (AvgIpc) is 2.47. The summed E-state index contributed by atoms with van der Waals surface area (Å²) in [5, 5.41) is 2.61. The summed E-state index contributed by atoms with van der Waals surface area (Å²) in [4.78, 5) is 4.07. The number of rotatable bonds is 4. The number of anilines is 1. The zero-order chi connectivity index (χ0) is 16.0. The van der Waals surface area contributed by atoms with E-state index in [2.05, 4.69) is 15.0 Å². The monoisotopic (exact) mass is 309 g/mol. The van der Waals surface area contributed by atoms with Crippen LogP contribution in [0.15, 0.2) is 59.6 Å². The average molecular weight is 309 g/mol. The number of guanidine groups is 1. The summed E-state index contributed by atoms with van der Waals surface area (Å²) in [6.07, 6.45) is -4.77. The van der Waals surface area contributed by atoms with Crippen LogP contribution in [0, 0.1) is 0 Å². The van der Waals surface area contributed by atoms with E-state index in [0.717, 1.165) is 5.56 Å². The van der Waals surface area contributed by atoms with Crippen LogP contribution >= 0.6 is 0 Å². The highest BCUT2D eigenvalue weighted by Crippen LogP contribution is 2.29. The van der Waals surface area contributed by atoms with Crippen LogP contribution in [-0.2, 0) is 6.54 Å². The van der Waals surface area contributed by atoms with Gasteiger partial charge in [0.25, 0.3) is 0 Å². The number of hydrogen-bond acceptors (Lipinski definition) is 2. The minimum atomic E-state index is -4.77. The van der Waals surface area contributed by atoms with Gasteiger partial charge in [-0.15, -0.1) is 13.2 Å². The van der Waals surface area contributed by atoms with Crippen molar-refractivity contribution >= 4 is 11.6 Å². The summed E-state index contributed by atoms with van der Waals surface area (Å²) in [5.74, 6) is -0.366. The van der Waals surface area contributed by atoms with Gasteiger partial charge in [0.05, 0.1) is 12.2 Å². The Morgan fingerprint density at radius 2 is 1.68 bits per heavy atom. The molecule has 22 heavy (non-hydrogen) atoms. The zero-order valence-electron chi connectivity index (χ0n) is 11.5. The number of nitrogens with zero attached hydrogens (tertiary/aromatic N) is 1. The maximum absolute atomic E-state index is 12.3. The van der Waals surface area contributed by atoms with Crippen molar-refractivity contribution in [3.63, 3.8) is 0 Å². The maximum atomic E-state index is 12.3. The first-order valence-electron chi connectivity index (χ1n) is 6.40. The molecule has 0 spiro atoms. The van der Waals surface area contributed by atoms with Gasteiger partial charge in [0.2, 0.25) is 0 Å². The van der Waals surface area contributed by atoms with Crippen molar-refractivity contribution < 1.29 is 17.9 Å². The van der Waals surface area contributed by atoms with E-state index in [1.54, 1.807) is 6.07 Å². The van der Waals surface area contributed by atoms with Gasteiger partial charge in [-0.25, -0.2) is 4.99 Å². The first kappa shape index (κ1) is 15.7. The van der Waals surface area contributed by atoms with Crippen molar-refractivity contribution in [2.45, 2.75) is 12.9 Å². The molecule has 0 fully saturated rings. The van der Waals surface area contributed by atoms with E-state index in [1.165, 1.54) is 18.2 Å². The smallest absolute Gasteiger partial charge is 0.404 e. The molecule has 0 amide bonds. The Hall–Kier alpha value is -2.70. The van der Waals surface area contributed by atoms with Crippen molar-refractivity contribution in [2.75, 3.05) is 5.32 Å². The Balaban J connectivity index is 2.06. The second-order valence-corrected chi connectivity index (χ2v) is 4.36. The molecule has 7 heteroatoms. The molecule has 2 aromatic rings. The largest absolute Gasteiger partial charge is 0.573 e. The third-order valence-corrected chi connectivity index (χ3v) is 2.65. The molecule has 2 rings (SSSR count). The van der Waals surface area contributed by atoms with Gasteiger partial charge < -0.3 is 15.8 Å². The molecular weight excluding hydrogens is 295 g/mol. The van der Waals surface area contributed by atoms with Gasteiger partial charge in [-0.3, -0.25) is 0 Å². The second kappa shape index (κ2) is 6.84. The molecule has 0 saturated carbocycles. The number of aliphatic imine (C=N–C) groups is 1. The first-order valence-corrected chi connectivity index (χ1v) is 6.40. The van der Waals surface area contributed by atoms with E-state index in [0.29, 0.717) is 6.54 Å². The van der Waals surface area contributed by atoms with Gasteiger partial charge in [0.1, 0.15) is 0 Å². The molecule has 0 unspecified atom stereocenters. The summed E-state index contributed by atoms with van der Waals surface area (Å²) in [7, 11) is 0. The number of para-hydroxylation sites is 2. The second-order valence-electron chi connectivity index (χ2n) is 4.36. The Morgan fingerprint density at radius 3 is 2.36 bits per heavy atom. The highest BCUT2D eigenvalue weighted by atomic mass is 19.4. The standard InChI is InChI=1S/C15H14F3N3O/c16-15(17,18)22-13-9-5-4-8-12(13)21-14(19)20-10-11-6-2-1-3-7-11/h1-9H,10H2,(H3,19,20,21). The minimum Gasteiger partial charge on any atom is -0.404 e. The molecule has 0 aliphatic heterocycles. The predicted molar refractivity (Wildman–Crippen MR) is 78.5 cm³/mol. The fourth-order valence-corrected chi connectivity index (χ4v) is 1.72. The molecule has 0 radical (unpaired) electrons. The molecule has 2 aromatic carbocycles. The number of ether oxygens (including phenoxy) is 1. The maximum Gasteiger partial charge on any atom is 0.573 e. The van der Waals surface area contributed by atoms with E-state index in [4.69, 9.17) is 5.73 Å². The number of halogens is 3. The van der Waals surface area contributed by atoms with E-state index in [-0.39, 0.29) is 17.4 Å². The lowest BCUT2D eigenvalue weighted by Gasteiger charge is -2.14. The predicted octanol–water partition coefficient (Wildman–Crippen LogP) is 3.51. The van der Waals surface area contributed by atoms with Crippen LogP contribution in [-0.4, -0.2) is 12.3 Å². The van der Waals surface area contributed by atoms with Crippen molar-refractivity contribution in [1.29, 1.82) is 0 Å². The van der Waals surface area contributed by atoms with Gasteiger partial charge in [0, 0.05) is 0 Å². The van der Waals surface area contributed by atoms with Gasteiger partial charge in [-0.05, 0) is 17.7 Å². The molecule has 0 aromatic heterocycles. The highest BCUT2D eigenvalue weighted by molar-refractivity contribution is 5.93. The minimum absolute atomic E-state index is 0.00192. The molecule has 0 aliphatic rings. The van der Waals surface area contributed by atoms with Crippen molar-refractivity contribution in [1.82, 2.24) is 0 Å². The number of nitrogens with two attached hydrogens (primary N) is 1. The van der Waals surface area contributed by atoms with E-state index >= 15 is 0 Å². The Morgan fingerprint density at radius 1 is 1.05 bits per heavy atom. The third kappa shape index (κ3) is 5.01. The molecule has 0 atom stereocenters. The van der Waals surface area contributed by atoms with E-state index < -0.39 is 6.36 Å². The van der Waals surface area contributed by atoms with Gasteiger partial charge >= 0.3 is 6.36 Å². The fourth-order valence-electron chi connectivity index (χ4n) is 1.72. The first-order chi connectivity index (χ1) is 10.4. The lowest BCUT2D eigenvalue weighted by Crippen LogP contribution is -2.24. The number of hydrogen-bond donors (Lipinski definition) is 2. The third-order valence-electron chi connectivity index (χ3n) is 2.65. The fraction of sp³-hybridized carbons (Fsp3) is 0.133. The zero-order valence-corrected chi connectivity index (χ0v) is 11.5. The van der Waals surface area contributed by atoms with Crippen LogP contribution in [0.4, 0.5) is 18.9 Å². The molecule has 0 heterocycles. The normalized spacial score (nSPS) is 12.0. The lowest BCUT2D eigenvalue weighted by molar-refractivity contribution is -0.274. The van der Waals surface area contributed by atoms with Crippen LogP contribution in [0.5, 0.6) is 5.75 Å². The van der Waals surface area contributed by atoms with Crippen molar-refractivity contribution in [3.05, 3.63) is 60.2 Å². The molecule has 0 aliphatic carbocycles. The van der Waals surface area contributed by atoms with E-state index in [1.807, 2.05) is 30.3 Å². The summed E-state index contributed by atoms with van der Waals surface area (Å²) in [6, 6.07) is 15.0. The van der Waals surface area contributed by atoms with Crippen LogP contribution < -0.4 is 15.8 Å². The Labute approximate surface area is 125 Å². The van der Waals surface area contributed by atoms with Crippen molar-refractivity contribution in [3.8, 4) is 5.75 Å². The van der Waals surface area contributed by atoms with Gasteiger partial charge in [-0.1, -0.05) is 42.5 Å². The summed E-state index contributed by atoms with van der Waals surface area (Å²) in [6.45, 7) is 0.321. The Bertz CT molecular complexity index is 642. The SMILES string of the molecule is NC(=NCc1ccccc1)Nc1ccccc1OC(F)(F)F. The number of nitrogens with one attached hydrogen (secondary N) is 1. The summed E-state index contributed by atoms with van der Waals surface area (Å²) in [5.41, 5.74) is 6.72. The Kier molecular flexibility index (Phi) is 4.88. The molecule has 116 valence electrons. The lowest BCUT2D eigenvalue weighted by atomic mass is 10.2. The summed E-state index contributed by atoms with van der Waals surface area (Å²) >= 11 is 0. The molecule has 4 nitrogen and oxygen atoms in total. The van der Waals surface area contributed by atoms with Crippen molar-refractivity contribution in [2.24, 2.45) is 10.7 Å². The van der Waals surface area contributed by atoms with Gasteiger partial charge in [0.15, 0.2) is 11.7 Å². The van der Waals surface area contributed by atoms with E-state index in [9.17, 15) is 13.2 Å². The highest BCUT2D eigenvalue weighted by Gasteiger charge is 2.32. The number of alkyl halides is 3. The van der Waals surface area contributed by atoms with Crippen LogP contribution in [0.2, 0.25) is 0 Å². The number of benzene rings is 2. The quantitative estimate of drug-likeness (QED) is 0.671. The molecule has 3 N–H and O–H groups in total. The molecule has 0 saturated heterocycles. The van der Waals surface area contributed by atoms with Crippen LogP contribution in [0.1, 0.15) is 5.56 Å². The summed E-state index contributed by atoms with van der Waals surface area (Å²) < 4.78 is 40.9. The molecule has 0 bridgehead atoms. The topological polar surface area (TPSA) is 59.6 Å². The molecular formula is C15H14F3N3O. The van der Waals surface area contributed by atoms with Crippen LogP contribution in [0.3, 0.4) is 0 Å².